The van der Waals surface area contributed by atoms with Crippen LogP contribution in [0, 0.1) is 0 Å². The highest BCUT2D eigenvalue weighted by atomic mass is 35.5. The number of hydrazine groups is 1. The maximum absolute atomic E-state index is 11.3. The SMILES string of the molecule is CN1[C@@H](Cl)C=C(C(N)=O)N1c1ccccc1. The van der Waals surface area contributed by atoms with Crippen LogP contribution in [-0.2, 0) is 4.79 Å². The number of anilines is 1. The average molecular weight is 238 g/mol. The minimum Gasteiger partial charge on any atom is -0.364 e. The molecule has 1 aliphatic heterocycles. The zero-order chi connectivity index (χ0) is 11.7. The molecule has 4 nitrogen and oxygen atoms in total. The average Bonchev–Trinajstić information content (AvgIpc) is 2.57. The van der Waals surface area contributed by atoms with Gasteiger partial charge in [-0.3, -0.25) is 9.80 Å². The van der Waals surface area contributed by atoms with Crippen LogP contribution in [0.1, 0.15) is 0 Å². The Balaban J connectivity index is 2.40. The number of carbonyl (C=O) groups excluding carboxylic acids is 1. The van der Waals surface area contributed by atoms with E-state index in [2.05, 4.69) is 0 Å². The number of para-hydroxylation sites is 1. The van der Waals surface area contributed by atoms with Gasteiger partial charge in [-0.15, -0.1) is 0 Å². The predicted molar refractivity (Wildman–Crippen MR) is 63.6 cm³/mol. The number of rotatable bonds is 2. The molecule has 0 bridgehead atoms. The van der Waals surface area contributed by atoms with Crippen molar-refractivity contribution in [2.24, 2.45) is 5.73 Å². The molecule has 0 saturated carbocycles. The number of carbonyl (C=O) groups is 1. The molecular formula is C11H12ClN3O. The molecule has 16 heavy (non-hydrogen) atoms. The summed E-state index contributed by atoms with van der Waals surface area (Å²) in [4.78, 5) is 11.3. The van der Waals surface area contributed by atoms with E-state index in [0.29, 0.717) is 5.70 Å². The first-order valence-electron chi connectivity index (χ1n) is 4.85. The molecule has 1 aromatic rings. The summed E-state index contributed by atoms with van der Waals surface area (Å²) >= 11 is 6.05. The number of nitrogens with zero attached hydrogens (tertiary/aromatic N) is 2. The van der Waals surface area contributed by atoms with Crippen molar-refractivity contribution in [3.63, 3.8) is 0 Å². The predicted octanol–water partition coefficient (Wildman–Crippen LogP) is 1.29. The van der Waals surface area contributed by atoms with Crippen LogP contribution in [-0.4, -0.2) is 23.5 Å². The lowest BCUT2D eigenvalue weighted by Gasteiger charge is -2.29. The molecule has 2 N–H and O–H groups in total. The molecule has 1 aliphatic rings. The number of alkyl halides is 1. The number of halogens is 1. The lowest BCUT2D eigenvalue weighted by molar-refractivity contribution is -0.114. The van der Waals surface area contributed by atoms with E-state index >= 15 is 0 Å². The summed E-state index contributed by atoms with van der Waals surface area (Å²) in [7, 11) is 1.80. The van der Waals surface area contributed by atoms with E-state index in [1.807, 2.05) is 30.3 Å². The third kappa shape index (κ3) is 1.77. The molecule has 1 heterocycles. The summed E-state index contributed by atoms with van der Waals surface area (Å²) in [5.41, 5.74) is 6.21. The highest BCUT2D eigenvalue weighted by Crippen LogP contribution is 2.29. The van der Waals surface area contributed by atoms with E-state index in [1.165, 1.54) is 0 Å². The highest BCUT2D eigenvalue weighted by molar-refractivity contribution is 6.22. The molecule has 0 saturated heterocycles. The summed E-state index contributed by atoms with van der Waals surface area (Å²) < 4.78 is 0. The monoisotopic (exact) mass is 237 g/mol. The maximum atomic E-state index is 11.3. The topological polar surface area (TPSA) is 49.6 Å². The van der Waals surface area contributed by atoms with Gasteiger partial charge in [0.1, 0.15) is 11.2 Å². The summed E-state index contributed by atoms with van der Waals surface area (Å²) in [5.74, 6) is -0.487. The quantitative estimate of drug-likeness (QED) is 0.623. The molecule has 1 atom stereocenters. The van der Waals surface area contributed by atoms with Crippen LogP contribution in [0.15, 0.2) is 42.1 Å². The van der Waals surface area contributed by atoms with E-state index in [9.17, 15) is 4.79 Å². The third-order valence-electron chi connectivity index (χ3n) is 2.45. The summed E-state index contributed by atoms with van der Waals surface area (Å²) in [6.45, 7) is 0. The zero-order valence-corrected chi connectivity index (χ0v) is 9.56. The Hall–Kier alpha value is -1.52. The molecule has 0 aromatic heterocycles. The number of nitrogens with two attached hydrogens (primary N) is 1. The van der Waals surface area contributed by atoms with Crippen molar-refractivity contribution < 1.29 is 4.79 Å². The first-order chi connectivity index (χ1) is 7.61. The largest absolute Gasteiger partial charge is 0.364 e. The number of benzene rings is 1. The Labute approximate surface area is 98.9 Å². The Morgan fingerprint density at radius 2 is 2.00 bits per heavy atom. The van der Waals surface area contributed by atoms with E-state index < -0.39 is 5.91 Å². The van der Waals surface area contributed by atoms with Gasteiger partial charge in [-0.2, -0.15) is 5.01 Å². The van der Waals surface area contributed by atoms with Crippen LogP contribution < -0.4 is 10.7 Å². The molecular weight excluding hydrogens is 226 g/mol. The number of primary amides is 1. The Morgan fingerprint density at radius 3 is 2.56 bits per heavy atom. The molecule has 5 heteroatoms. The maximum Gasteiger partial charge on any atom is 0.266 e. The Kier molecular flexibility index (Phi) is 2.85. The smallest absolute Gasteiger partial charge is 0.266 e. The second-order valence-electron chi connectivity index (χ2n) is 3.51. The van der Waals surface area contributed by atoms with Gasteiger partial charge in [0.2, 0.25) is 0 Å². The van der Waals surface area contributed by atoms with Gasteiger partial charge in [-0.05, 0) is 18.2 Å². The van der Waals surface area contributed by atoms with E-state index in [4.69, 9.17) is 17.3 Å². The molecule has 2 rings (SSSR count). The van der Waals surface area contributed by atoms with Crippen molar-refractivity contribution >= 4 is 23.2 Å². The van der Waals surface area contributed by atoms with E-state index in [0.717, 1.165) is 5.69 Å². The normalized spacial score (nSPS) is 21.0. The summed E-state index contributed by atoms with van der Waals surface area (Å²) in [6.07, 6.45) is 1.64. The molecule has 1 amide bonds. The number of likely N-dealkylation sites (N-methyl/N-ethyl adjacent to an activating group) is 1. The second-order valence-corrected chi connectivity index (χ2v) is 3.96. The van der Waals surface area contributed by atoms with Crippen molar-refractivity contribution in [3.05, 3.63) is 42.1 Å². The van der Waals surface area contributed by atoms with Gasteiger partial charge in [0, 0.05) is 7.05 Å². The minimum atomic E-state index is -0.487. The number of hydrogen-bond acceptors (Lipinski definition) is 3. The molecule has 0 radical (unpaired) electrons. The van der Waals surface area contributed by atoms with Crippen LogP contribution in [0.5, 0.6) is 0 Å². The van der Waals surface area contributed by atoms with Crippen molar-refractivity contribution in [1.29, 1.82) is 0 Å². The van der Waals surface area contributed by atoms with Gasteiger partial charge in [0.15, 0.2) is 0 Å². The van der Waals surface area contributed by atoms with Crippen LogP contribution >= 0.6 is 11.6 Å². The fraction of sp³-hybridized carbons (Fsp3) is 0.182. The van der Waals surface area contributed by atoms with Gasteiger partial charge in [-0.1, -0.05) is 29.8 Å². The van der Waals surface area contributed by atoms with Gasteiger partial charge in [0.05, 0.1) is 5.69 Å². The lowest BCUT2D eigenvalue weighted by atomic mass is 10.3. The Bertz CT molecular complexity index is 432. The van der Waals surface area contributed by atoms with Crippen LogP contribution in [0.3, 0.4) is 0 Å². The van der Waals surface area contributed by atoms with Crippen molar-refractivity contribution in [2.75, 3.05) is 12.1 Å². The third-order valence-corrected chi connectivity index (χ3v) is 2.86. The Morgan fingerprint density at radius 1 is 1.38 bits per heavy atom. The molecule has 84 valence electrons. The van der Waals surface area contributed by atoms with Gasteiger partial charge in [-0.25, -0.2) is 0 Å². The fourth-order valence-electron chi connectivity index (χ4n) is 1.67. The lowest BCUT2D eigenvalue weighted by Crippen LogP contribution is -2.40. The van der Waals surface area contributed by atoms with Gasteiger partial charge < -0.3 is 5.73 Å². The van der Waals surface area contributed by atoms with Gasteiger partial charge in [0.25, 0.3) is 5.91 Å². The first kappa shape index (κ1) is 11.0. The molecule has 1 aromatic carbocycles. The molecule has 0 fully saturated rings. The molecule has 0 unspecified atom stereocenters. The number of amides is 1. The van der Waals surface area contributed by atoms with Crippen molar-refractivity contribution in [2.45, 2.75) is 5.50 Å². The molecule has 0 aliphatic carbocycles. The summed E-state index contributed by atoms with van der Waals surface area (Å²) in [5, 5.41) is 3.46. The van der Waals surface area contributed by atoms with E-state index in [1.54, 1.807) is 23.1 Å². The van der Waals surface area contributed by atoms with Crippen molar-refractivity contribution in [1.82, 2.24) is 5.01 Å². The van der Waals surface area contributed by atoms with Crippen LogP contribution in [0.4, 0.5) is 5.69 Å². The molecule has 0 spiro atoms. The zero-order valence-electron chi connectivity index (χ0n) is 8.80. The van der Waals surface area contributed by atoms with Crippen LogP contribution in [0.2, 0.25) is 0 Å². The standard InChI is InChI=1S/C11H12ClN3O/c1-14-10(12)7-9(11(13)16)15(14)8-5-3-2-4-6-8/h2-7,10H,1H3,(H2,13,16)/t10-/m1/s1. The minimum absolute atomic E-state index is 0.359. The number of hydrogen-bond donors (Lipinski definition) is 1. The highest BCUT2D eigenvalue weighted by Gasteiger charge is 2.31. The van der Waals surface area contributed by atoms with Gasteiger partial charge >= 0.3 is 0 Å². The van der Waals surface area contributed by atoms with Crippen molar-refractivity contribution in [3.8, 4) is 0 Å². The fourth-order valence-corrected chi connectivity index (χ4v) is 1.87. The second kappa shape index (κ2) is 4.15. The van der Waals surface area contributed by atoms with E-state index in [-0.39, 0.29) is 5.50 Å². The first-order valence-corrected chi connectivity index (χ1v) is 5.28. The summed E-state index contributed by atoms with van der Waals surface area (Å²) in [6, 6.07) is 9.47. The van der Waals surface area contributed by atoms with Crippen LogP contribution in [0.25, 0.3) is 0 Å².